The molecular weight excluding hydrogens is 596 g/mol. The maximum absolute atomic E-state index is 14.3. The number of phenols is 2. The predicted molar refractivity (Wildman–Crippen MR) is 167 cm³/mol. The molecule has 2 amide bonds. The fourth-order valence-electron chi connectivity index (χ4n) is 6.19. The number of piperidine rings is 1. The number of sulfonamides is 1. The summed E-state index contributed by atoms with van der Waals surface area (Å²) < 4.78 is 29.7. The number of hydrogen-bond donors (Lipinski definition) is 3. The highest BCUT2D eigenvalue weighted by Gasteiger charge is 2.36. The fourth-order valence-corrected chi connectivity index (χ4v) is 7.70. The fraction of sp³-hybridized carbons (Fsp3) is 0.375. The number of fused-ring (bicyclic) bond motifs is 1. The van der Waals surface area contributed by atoms with Crippen LogP contribution in [-0.4, -0.2) is 68.9 Å². The molecule has 1 aromatic heterocycles. The monoisotopic (exact) mass is 632 g/mol. The van der Waals surface area contributed by atoms with Gasteiger partial charge in [-0.25, -0.2) is 13.1 Å². The largest absolute Gasteiger partial charge is 0.504 e. The highest BCUT2D eigenvalue weighted by Crippen LogP contribution is 2.35. The van der Waals surface area contributed by atoms with Crippen molar-refractivity contribution in [3.63, 3.8) is 0 Å². The summed E-state index contributed by atoms with van der Waals surface area (Å²) in [4.78, 5) is 29.8. The van der Waals surface area contributed by atoms with Crippen LogP contribution in [0.3, 0.4) is 0 Å². The van der Waals surface area contributed by atoms with E-state index >= 15 is 0 Å². The summed E-state index contributed by atoms with van der Waals surface area (Å²) in [5, 5.41) is 31.8. The van der Waals surface area contributed by atoms with Crippen LogP contribution in [0, 0.1) is 0 Å². The van der Waals surface area contributed by atoms with Gasteiger partial charge in [-0.2, -0.15) is 4.31 Å². The molecule has 1 saturated heterocycles. The number of anilines is 1. The first kappa shape index (κ1) is 30.5. The number of hydrogen-bond acceptors (Lipinski definition) is 8. The molecule has 1 atom stereocenters. The lowest BCUT2D eigenvalue weighted by Gasteiger charge is -2.33. The summed E-state index contributed by atoms with van der Waals surface area (Å²) in [6.07, 6.45) is 6.15. The number of carbonyl (C=O) groups excluding carboxylic acids is 2. The molecule has 1 aliphatic carbocycles. The van der Waals surface area contributed by atoms with E-state index in [4.69, 9.17) is 0 Å². The van der Waals surface area contributed by atoms with Gasteiger partial charge in [0.15, 0.2) is 11.5 Å². The third-order valence-corrected chi connectivity index (χ3v) is 10.5. The molecule has 1 unspecified atom stereocenters. The van der Waals surface area contributed by atoms with Crippen LogP contribution in [0.4, 0.5) is 5.69 Å². The number of carbonyl (C=O) groups is 2. The first-order valence-electron chi connectivity index (χ1n) is 15.2. The van der Waals surface area contributed by atoms with Crippen molar-refractivity contribution in [3.8, 4) is 11.5 Å². The molecule has 12 nitrogen and oxygen atoms in total. The second-order valence-electron chi connectivity index (χ2n) is 11.6. The van der Waals surface area contributed by atoms with Crippen LogP contribution >= 0.6 is 0 Å². The van der Waals surface area contributed by atoms with Gasteiger partial charge in [0, 0.05) is 24.8 Å². The second kappa shape index (κ2) is 12.9. The van der Waals surface area contributed by atoms with Crippen molar-refractivity contribution in [2.45, 2.75) is 68.5 Å². The Morgan fingerprint density at radius 1 is 0.911 bits per heavy atom. The van der Waals surface area contributed by atoms with Crippen molar-refractivity contribution in [1.29, 1.82) is 0 Å². The van der Waals surface area contributed by atoms with Crippen molar-refractivity contribution >= 4 is 38.6 Å². The van der Waals surface area contributed by atoms with Gasteiger partial charge in [-0.1, -0.05) is 42.7 Å². The SMILES string of the molecule is O=C(NC1CCCC1)C(c1ccc(O)c(O)c1)N(C(=O)Cn1nnc2ccccc21)c1ccc(S(=O)(=O)N2CCCCC2)cc1. The lowest BCUT2D eigenvalue weighted by atomic mass is 10.0. The molecule has 2 aliphatic rings. The van der Waals surface area contributed by atoms with Gasteiger partial charge in [0.05, 0.1) is 10.4 Å². The van der Waals surface area contributed by atoms with Crippen LogP contribution in [0.2, 0.25) is 0 Å². The van der Waals surface area contributed by atoms with Crippen molar-refractivity contribution in [2.24, 2.45) is 0 Å². The number of aromatic nitrogens is 3. The Morgan fingerprint density at radius 2 is 1.62 bits per heavy atom. The summed E-state index contributed by atoms with van der Waals surface area (Å²) in [7, 11) is -3.74. The van der Waals surface area contributed by atoms with Gasteiger partial charge in [-0.15, -0.1) is 5.10 Å². The Balaban J connectivity index is 1.42. The average Bonchev–Trinajstić information content (AvgIpc) is 3.72. The Kier molecular flexibility index (Phi) is 8.72. The summed E-state index contributed by atoms with van der Waals surface area (Å²) in [5.41, 5.74) is 1.77. The molecule has 2 fully saturated rings. The Hall–Kier alpha value is -4.49. The summed E-state index contributed by atoms with van der Waals surface area (Å²) in [6.45, 7) is 0.633. The summed E-state index contributed by atoms with van der Waals surface area (Å²) in [6, 6.07) is 15.8. The van der Waals surface area contributed by atoms with E-state index in [9.17, 15) is 28.2 Å². The van der Waals surface area contributed by atoms with Crippen LogP contribution in [0.15, 0.2) is 71.6 Å². The lowest BCUT2D eigenvalue weighted by Crippen LogP contribution is -2.47. The maximum Gasteiger partial charge on any atom is 0.249 e. The van der Waals surface area contributed by atoms with Crippen molar-refractivity contribution < 1.29 is 28.2 Å². The molecule has 236 valence electrons. The van der Waals surface area contributed by atoms with Gasteiger partial charge in [-0.3, -0.25) is 14.5 Å². The topological polar surface area (TPSA) is 158 Å². The van der Waals surface area contributed by atoms with E-state index in [1.54, 1.807) is 12.1 Å². The minimum Gasteiger partial charge on any atom is -0.504 e. The quantitative estimate of drug-likeness (QED) is 0.235. The van der Waals surface area contributed by atoms with E-state index in [0.29, 0.717) is 24.1 Å². The number of amides is 2. The van der Waals surface area contributed by atoms with Gasteiger partial charge in [0.1, 0.15) is 18.1 Å². The van der Waals surface area contributed by atoms with E-state index in [-0.39, 0.29) is 34.5 Å². The average molecular weight is 633 g/mol. The Bertz CT molecular complexity index is 1800. The molecule has 1 aliphatic heterocycles. The number of rotatable bonds is 9. The molecule has 0 bridgehead atoms. The molecule has 0 radical (unpaired) electrons. The minimum atomic E-state index is -3.74. The van der Waals surface area contributed by atoms with E-state index in [1.165, 1.54) is 56.4 Å². The van der Waals surface area contributed by atoms with E-state index < -0.39 is 33.6 Å². The van der Waals surface area contributed by atoms with E-state index in [2.05, 4.69) is 15.6 Å². The van der Waals surface area contributed by atoms with Gasteiger partial charge < -0.3 is 15.5 Å². The van der Waals surface area contributed by atoms with E-state index in [0.717, 1.165) is 44.9 Å². The molecular formula is C32H36N6O6S. The van der Waals surface area contributed by atoms with E-state index in [1.807, 2.05) is 12.1 Å². The zero-order chi connectivity index (χ0) is 31.6. The first-order valence-corrected chi connectivity index (χ1v) is 16.7. The van der Waals surface area contributed by atoms with Gasteiger partial charge in [-0.05, 0) is 79.8 Å². The standard InChI is InChI=1S/C32H36N6O6S/c39-28-17-12-22(20-29(28)40)31(32(42)33-23-8-2-3-9-23)38(30(41)21-37-27-11-5-4-10-26(27)34-35-37)24-13-15-25(16-14-24)45(43,44)36-18-6-1-7-19-36/h4-5,10-17,20,23,31,39-40H,1-3,6-9,18-19,21H2,(H,33,42). The predicted octanol–water partition coefficient (Wildman–Crippen LogP) is 3.85. The lowest BCUT2D eigenvalue weighted by molar-refractivity contribution is -0.127. The Morgan fingerprint density at radius 3 is 2.33 bits per heavy atom. The van der Waals surface area contributed by atoms with Crippen LogP contribution in [0.25, 0.3) is 11.0 Å². The molecule has 4 aromatic rings. The Labute approximate surface area is 261 Å². The van der Waals surface area contributed by atoms with Crippen molar-refractivity contribution in [1.82, 2.24) is 24.6 Å². The number of aromatic hydroxyl groups is 2. The second-order valence-corrected chi connectivity index (χ2v) is 13.5. The highest BCUT2D eigenvalue weighted by atomic mass is 32.2. The number of phenolic OH excluding ortho intramolecular Hbond substituents is 2. The smallest absolute Gasteiger partial charge is 0.249 e. The maximum atomic E-state index is 14.3. The van der Waals surface area contributed by atoms with Crippen molar-refractivity contribution in [2.75, 3.05) is 18.0 Å². The minimum absolute atomic E-state index is 0.0704. The van der Waals surface area contributed by atoms with Gasteiger partial charge in [0.2, 0.25) is 21.8 Å². The van der Waals surface area contributed by atoms with Gasteiger partial charge >= 0.3 is 0 Å². The highest BCUT2D eigenvalue weighted by molar-refractivity contribution is 7.89. The molecule has 3 N–H and O–H groups in total. The molecule has 3 aromatic carbocycles. The van der Waals surface area contributed by atoms with Crippen LogP contribution in [0.5, 0.6) is 11.5 Å². The third kappa shape index (κ3) is 6.36. The molecule has 45 heavy (non-hydrogen) atoms. The molecule has 1 saturated carbocycles. The molecule has 13 heteroatoms. The number of nitrogens with zero attached hydrogens (tertiary/aromatic N) is 5. The molecule has 0 spiro atoms. The third-order valence-electron chi connectivity index (χ3n) is 8.56. The van der Waals surface area contributed by atoms with Crippen molar-refractivity contribution in [3.05, 3.63) is 72.3 Å². The van der Waals surface area contributed by atoms with Gasteiger partial charge in [0.25, 0.3) is 0 Å². The molecule has 2 heterocycles. The zero-order valence-electron chi connectivity index (χ0n) is 24.7. The summed E-state index contributed by atoms with van der Waals surface area (Å²) in [5.74, 6) is -1.79. The normalized spacial score (nSPS) is 16.9. The van der Waals surface area contributed by atoms with Crippen LogP contribution in [0.1, 0.15) is 56.6 Å². The number of nitrogens with one attached hydrogen (secondary N) is 1. The molecule has 6 rings (SSSR count). The first-order chi connectivity index (χ1) is 21.7. The van der Waals surface area contributed by atoms with Crippen LogP contribution < -0.4 is 10.2 Å². The van der Waals surface area contributed by atoms with Crippen LogP contribution in [-0.2, 0) is 26.2 Å². The zero-order valence-corrected chi connectivity index (χ0v) is 25.6. The summed E-state index contributed by atoms with van der Waals surface area (Å²) >= 11 is 0. The number of para-hydroxylation sites is 1. The number of benzene rings is 3.